The number of nitrogens with zero attached hydrogens (tertiary/aromatic N) is 1. The molecule has 0 aliphatic carbocycles. The topological polar surface area (TPSA) is 233 Å². The van der Waals surface area contributed by atoms with Gasteiger partial charge in [-0.1, -0.05) is 30.3 Å². The molecule has 2 heterocycles. The Morgan fingerprint density at radius 2 is 1.61 bits per heavy atom. The Kier molecular flexibility index (Phi) is 6.62. The van der Waals surface area contributed by atoms with E-state index >= 15 is 0 Å². The van der Waals surface area contributed by atoms with Crippen LogP contribution in [-0.4, -0.2) is 107 Å². The fourth-order valence-corrected chi connectivity index (χ4v) is 3.69. The average Bonchev–Trinajstić information content (AvgIpc) is 2.76. The summed E-state index contributed by atoms with van der Waals surface area (Å²) in [6, 6.07) is 7.10. The van der Waals surface area contributed by atoms with Gasteiger partial charge in [-0.05, 0) is 5.56 Å². The van der Waals surface area contributed by atoms with E-state index in [0.29, 0.717) is 0 Å². The highest BCUT2D eigenvalue weighted by Gasteiger charge is 2.72. The van der Waals surface area contributed by atoms with Gasteiger partial charge in [-0.15, -0.1) is 0 Å². The van der Waals surface area contributed by atoms with Crippen molar-refractivity contribution in [1.29, 1.82) is 0 Å². The Morgan fingerprint density at radius 1 is 1.00 bits per heavy atom. The Bertz CT molecular complexity index is 783. The molecular weight excluding hydrogens is 426 g/mol. The van der Waals surface area contributed by atoms with Gasteiger partial charge in [0.1, 0.15) is 18.3 Å². The molecule has 8 N–H and O–H groups in total. The van der Waals surface area contributed by atoms with Gasteiger partial charge in [0.15, 0.2) is 30.6 Å². The smallest absolute Gasteiger partial charge is 0.382 e. The maximum absolute atomic E-state index is 11.8. The molecule has 2 aliphatic heterocycles. The number of nitro groups is 1. The predicted molar refractivity (Wildman–Crippen MR) is 94.0 cm³/mol. The minimum absolute atomic E-state index is 0.0276. The summed E-state index contributed by atoms with van der Waals surface area (Å²) in [4.78, 5) is 10.4. The van der Waals surface area contributed by atoms with Crippen molar-refractivity contribution in [2.45, 2.75) is 60.7 Å². The molecule has 0 bridgehead atoms. The lowest BCUT2D eigenvalue weighted by molar-refractivity contribution is -0.676. The molecule has 1 aromatic carbocycles. The Morgan fingerprint density at radius 3 is 2.16 bits per heavy atom. The van der Waals surface area contributed by atoms with Crippen LogP contribution in [0, 0.1) is 10.1 Å². The number of benzene rings is 1. The first-order valence-electron chi connectivity index (χ1n) is 9.11. The molecule has 14 nitrogen and oxygen atoms in total. The van der Waals surface area contributed by atoms with E-state index in [2.05, 4.69) is 0 Å². The second kappa shape index (κ2) is 8.61. The Labute approximate surface area is 174 Å². The second-order valence-corrected chi connectivity index (χ2v) is 7.29. The molecular formula is C17H23NO13. The first-order chi connectivity index (χ1) is 14.5. The van der Waals surface area contributed by atoms with Crippen LogP contribution >= 0.6 is 0 Å². The van der Waals surface area contributed by atoms with Gasteiger partial charge in [-0.3, -0.25) is 10.1 Å². The van der Waals surface area contributed by atoms with Crippen molar-refractivity contribution in [2.75, 3.05) is 6.61 Å². The number of aliphatic hydroxyl groups excluding tert-OH is 7. The average molecular weight is 449 g/mol. The largest absolute Gasteiger partial charge is 0.393 e. The van der Waals surface area contributed by atoms with Crippen LogP contribution in [0.2, 0.25) is 0 Å². The fraction of sp³-hybridized carbons (Fsp3) is 0.647. The van der Waals surface area contributed by atoms with E-state index in [-0.39, 0.29) is 5.56 Å². The van der Waals surface area contributed by atoms with Crippen molar-refractivity contribution in [3.05, 3.63) is 46.0 Å². The van der Waals surface area contributed by atoms with Crippen LogP contribution < -0.4 is 0 Å². The van der Waals surface area contributed by atoms with Gasteiger partial charge in [-0.25, -0.2) is 0 Å². The van der Waals surface area contributed by atoms with Crippen molar-refractivity contribution in [3.63, 3.8) is 0 Å². The number of ether oxygens (including phenoxy) is 3. The van der Waals surface area contributed by atoms with Crippen LogP contribution in [0.4, 0.5) is 0 Å². The van der Waals surface area contributed by atoms with E-state index in [1.54, 1.807) is 6.07 Å². The standard InChI is InChI=1S/C17H23NO13/c19-6-16(7-4-2-1-3-5-7)15(17(26,18(27)28)11(23)13(25)31-16)30-14-10(22)8(20)9(21)12(24)29-14/h1-5,8-15,19-26H,6H2/t8-,9-,10+,11-,12-,13+,14-,15-,16-,17-/m0/s1. The maximum atomic E-state index is 11.8. The van der Waals surface area contributed by atoms with Crippen molar-refractivity contribution in [3.8, 4) is 0 Å². The summed E-state index contributed by atoms with van der Waals surface area (Å²) in [7, 11) is 0. The monoisotopic (exact) mass is 449 g/mol. The fourth-order valence-electron chi connectivity index (χ4n) is 3.69. The van der Waals surface area contributed by atoms with Gasteiger partial charge in [0, 0.05) is 0 Å². The van der Waals surface area contributed by atoms with Gasteiger partial charge < -0.3 is 55.1 Å². The number of rotatable bonds is 5. The summed E-state index contributed by atoms with van der Waals surface area (Å²) in [5.74, 6) is 0. The molecule has 0 radical (unpaired) electrons. The number of hydrogen-bond donors (Lipinski definition) is 8. The zero-order chi connectivity index (χ0) is 23.1. The van der Waals surface area contributed by atoms with Crippen LogP contribution in [0.3, 0.4) is 0 Å². The third-order valence-electron chi connectivity index (χ3n) is 5.45. The van der Waals surface area contributed by atoms with Crippen molar-refractivity contribution in [2.24, 2.45) is 0 Å². The quantitative estimate of drug-likeness (QED) is 0.121. The summed E-state index contributed by atoms with van der Waals surface area (Å²) in [6.07, 6.45) is -17.5. The van der Waals surface area contributed by atoms with Gasteiger partial charge in [0.05, 0.1) is 11.5 Å². The van der Waals surface area contributed by atoms with Crippen molar-refractivity contribution in [1.82, 2.24) is 0 Å². The molecule has 0 amide bonds. The molecule has 174 valence electrons. The molecule has 0 aromatic heterocycles. The highest BCUT2D eigenvalue weighted by Crippen LogP contribution is 2.45. The summed E-state index contributed by atoms with van der Waals surface area (Å²) < 4.78 is 15.5. The molecule has 0 unspecified atom stereocenters. The van der Waals surface area contributed by atoms with E-state index in [4.69, 9.17) is 14.2 Å². The molecule has 2 fully saturated rings. The minimum Gasteiger partial charge on any atom is -0.393 e. The molecule has 0 spiro atoms. The van der Waals surface area contributed by atoms with Crippen molar-refractivity contribution < 1.29 is 60.0 Å². The summed E-state index contributed by atoms with van der Waals surface area (Å²) in [5, 5.41) is 92.4. The summed E-state index contributed by atoms with van der Waals surface area (Å²) in [6.45, 7) is -1.13. The first-order valence-corrected chi connectivity index (χ1v) is 9.11. The van der Waals surface area contributed by atoms with E-state index in [9.17, 15) is 51.0 Å². The molecule has 3 rings (SSSR count). The normalized spacial score (nSPS) is 45.9. The Balaban J connectivity index is 2.12. The SMILES string of the molecule is O=[N+]([O-])[C@@]1(O)[C@@H](O[C@@H]2O[C@H](O)[C@@H](O)[C@H](O)[C@H]2O)[C@](CO)(c2ccccc2)O[C@@H](O)[C@@H]1O. The van der Waals surface area contributed by atoms with Gasteiger partial charge in [-0.2, -0.15) is 0 Å². The highest BCUT2D eigenvalue weighted by atomic mass is 16.8. The van der Waals surface area contributed by atoms with Crippen LogP contribution in [0.25, 0.3) is 0 Å². The van der Waals surface area contributed by atoms with Gasteiger partial charge in [0.2, 0.25) is 6.10 Å². The second-order valence-electron chi connectivity index (χ2n) is 7.29. The van der Waals surface area contributed by atoms with E-state index < -0.39 is 72.2 Å². The maximum Gasteiger partial charge on any atom is 0.382 e. The van der Waals surface area contributed by atoms with E-state index in [1.807, 2.05) is 0 Å². The molecule has 0 saturated carbocycles. The zero-order valence-corrected chi connectivity index (χ0v) is 15.8. The van der Waals surface area contributed by atoms with Gasteiger partial charge >= 0.3 is 5.72 Å². The molecule has 14 heteroatoms. The molecule has 31 heavy (non-hydrogen) atoms. The lowest BCUT2D eigenvalue weighted by Gasteiger charge is -2.51. The van der Waals surface area contributed by atoms with E-state index in [1.165, 1.54) is 24.3 Å². The third-order valence-corrected chi connectivity index (χ3v) is 5.45. The lowest BCUT2D eigenvalue weighted by atomic mass is 9.78. The Hall–Kier alpha value is -1.82. The minimum atomic E-state index is -3.52. The van der Waals surface area contributed by atoms with E-state index in [0.717, 1.165) is 0 Å². The first kappa shape index (κ1) is 23.8. The molecule has 2 saturated heterocycles. The van der Waals surface area contributed by atoms with Crippen LogP contribution in [0.5, 0.6) is 0 Å². The predicted octanol–water partition coefficient (Wildman–Crippen LogP) is -4.31. The van der Waals surface area contributed by atoms with Crippen LogP contribution in [-0.2, 0) is 19.8 Å². The molecule has 1 aromatic rings. The zero-order valence-electron chi connectivity index (χ0n) is 15.8. The summed E-state index contributed by atoms with van der Waals surface area (Å²) in [5.41, 5.74) is -5.93. The summed E-state index contributed by atoms with van der Waals surface area (Å²) >= 11 is 0. The van der Waals surface area contributed by atoms with Crippen LogP contribution in [0.1, 0.15) is 5.56 Å². The number of aliphatic hydroxyl groups is 8. The lowest BCUT2D eigenvalue weighted by Crippen LogP contribution is -2.75. The highest BCUT2D eigenvalue weighted by molar-refractivity contribution is 5.27. The third kappa shape index (κ3) is 3.71. The molecule has 2 aliphatic rings. The number of hydrogen-bond acceptors (Lipinski definition) is 13. The molecule has 10 atom stereocenters. The van der Waals surface area contributed by atoms with Crippen molar-refractivity contribution >= 4 is 0 Å². The van der Waals surface area contributed by atoms with Crippen LogP contribution in [0.15, 0.2) is 30.3 Å². The van der Waals surface area contributed by atoms with Gasteiger partial charge in [0.25, 0.3) is 0 Å².